The van der Waals surface area contributed by atoms with Crippen LogP contribution in [0.2, 0.25) is 0 Å². The maximum absolute atomic E-state index is 11.2. The first-order chi connectivity index (χ1) is 6.85. The third-order valence-electron chi connectivity index (χ3n) is 2.35. The van der Waals surface area contributed by atoms with E-state index in [9.17, 15) is 9.59 Å². The van der Waals surface area contributed by atoms with Crippen molar-refractivity contribution in [2.24, 2.45) is 11.1 Å². The second-order valence-corrected chi connectivity index (χ2v) is 4.11. The Kier molecular flexibility index (Phi) is 5.28. The number of carbonyl (C=O) groups excluding carboxylic acids is 2. The molecule has 0 spiro atoms. The Balaban J connectivity index is 4.23. The number of hydrogen-bond acceptors (Lipinski definition) is 4. The Morgan fingerprint density at radius 3 is 2.33 bits per heavy atom. The highest BCUT2D eigenvalue weighted by atomic mass is 16.5. The van der Waals surface area contributed by atoms with Gasteiger partial charge in [0.05, 0.1) is 12.5 Å². The van der Waals surface area contributed by atoms with E-state index in [4.69, 9.17) is 5.73 Å². The number of ether oxygens (including phenoxy) is 1. The van der Waals surface area contributed by atoms with E-state index in [0.29, 0.717) is 13.0 Å². The highest BCUT2D eigenvalue weighted by molar-refractivity contribution is 5.80. The molecule has 0 aromatic heterocycles. The topological polar surface area (TPSA) is 81.4 Å². The van der Waals surface area contributed by atoms with Gasteiger partial charge in [0.1, 0.15) is 6.04 Å². The van der Waals surface area contributed by atoms with Gasteiger partial charge in [-0.25, -0.2) is 0 Å². The van der Waals surface area contributed by atoms with Gasteiger partial charge in [-0.1, -0.05) is 6.92 Å². The van der Waals surface area contributed by atoms with Crippen LogP contribution in [0.3, 0.4) is 0 Å². The lowest BCUT2D eigenvalue weighted by molar-refractivity contribution is -0.143. The minimum atomic E-state index is -0.665. The van der Waals surface area contributed by atoms with Crippen LogP contribution in [0.15, 0.2) is 0 Å². The monoisotopic (exact) mass is 216 g/mol. The average molecular weight is 216 g/mol. The second-order valence-electron chi connectivity index (χ2n) is 4.11. The summed E-state index contributed by atoms with van der Waals surface area (Å²) in [5.41, 5.74) is 4.55. The maximum Gasteiger partial charge on any atom is 0.322 e. The lowest BCUT2D eigenvalue weighted by Gasteiger charge is -2.23. The van der Waals surface area contributed by atoms with Crippen molar-refractivity contribution in [3.8, 4) is 0 Å². The smallest absolute Gasteiger partial charge is 0.322 e. The Bertz CT molecular complexity index is 239. The highest BCUT2D eigenvalue weighted by Crippen LogP contribution is 2.12. The van der Waals surface area contributed by atoms with Crippen LogP contribution >= 0.6 is 0 Å². The van der Waals surface area contributed by atoms with Gasteiger partial charge < -0.3 is 15.8 Å². The molecule has 0 saturated heterocycles. The average Bonchev–Trinajstić information content (AvgIpc) is 2.17. The summed E-state index contributed by atoms with van der Waals surface area (Å²) in [4.78, 5) is 22.3. The fraction of sp³-hybridized carbons (Fsp3) is 0.800. The zero-order valence-electron chi connectivity index (χ0n) is 9.79. The van der Waals surface area contributed by atoms with Gasteiger partial charge in [-0.15, -0.1) is 0 Å². The molecule has 0 aromatic rings. The van der Waals surface area contributed by atoms with Crippen LogP contribution < -0.4 is 11.1 Å². The predicted molar refractivity (Wildman–Crippen MR) is 57.1 cm³/mol. The van der Waals surface area contributed by atoms with Crippen molar-refractivity contribution in [3.05, 3.63) is 0 Å². The fourth-order valence-electron chi connectivity index (χ4n) is 1.00. The van der Waals surface area contributed by atoms with Gasteiger partial charge in [0, 0.05) is 6.54 Å². The predicted octanol–water partition coefficient (Wildman–Crippen LogP) is 0.0391. The van der Waals surface area contributed by atoms with Gasteiger partial charge in [-0.3, -0.25) is 9.59 Å². The molecule has 1 amide bonds. The standard InChI is InChI=1S/C10H20N2O3/c1-5-7(8(13)15-4)12-6-10(2,3)9(11)14/h7,12H,5-6H2,1-4H3,(H2,11,14). The molecule has 3 N–H and O–H groups in total. The largest absolute Gasteiger partial charge is 0.468 e. The summed E-state index contributed by atoms with van der Waals surface area (Å²) in [6, 6.07) is -0.381. The Morgan fingerprint density at radius 2 is 2.00 bits per heavy atom. The molecule has 0 aromatic carbocycles. The van der Waals surface area contributed by atoms with Gasteiger partial charge in [0.15, 0.2) is 0 Å². The van der Waals surface area contributed by atoms with E-state index in [1.165, 1.54) is 7.11 Å². The molecule has 1 atom stereocenters. The van der Waals surface area contributed by atoms with Crippen LogP contribution in [-0.4, -0.2) is 31.6 Å². The van der Waals surface area contributed by atoms with Crippen molar-refractivity contribution in [1.29, 1.82) is 0 Å². The Morgan fingerprint density at radius 1 is 1.47 bits per heavy atom. The van der Waals surface area contributed by atoms with Crippen molar-refractivity contribution < 1.29 is 14.3 Å². The summed E-state index contributed by atoms with van der Waals surface area (Å²) in [7, 11) is 1.34. The number of amides is 1. The SMILES string of the molecule is CCC(NCC(C)(C)C(N)=O)C(=O)OC. The van der Waals surface area contributed by atoms with E-state index in [0.717, 1.165) is 0 Å². The number of esters is 1. The molecular formula is C10H20N2O3. The van der Waals surface area contributed by atoms with E-state index in [-0.39, 0.29) is 12.0 Å². The molecule has 15 heavy (non-hydrogen) atoms. The summed E-state index contributed by atoms with van der Waals surface area (Å²) < 4.78 is 4.61. The molecular weight excluding hydrogens is 196 g/mol. The normalized spacial score (nSPS) is 13.3. The molecule has 0 aliphatic rings. The molecule has 0 rings (SSSR count). The fourth-order valence-corrected chi connectivity index (χ4v) is 1.00. The number of nitrogens with one attached hydrogen (secondary N) is 1. The first kappa shape index (κ1) is 13.9. The molecule has 1 unspecified atom stereocenters. The Labute approximate surface area is 90.4 Å². The van der Waals surface area contributed by atoms with Gasteiger partial charge in [0.2, 0.25) is 5.91 Å². The molecule has 0 fully saturated rings. The van der Waals surface area contributed by atoms with Gasteiger partial charge >= 0.3 is 5.97 Å². The van der Waals surface area contributed by atoms with Crippen LogP contribution in [0.4, 0.5) is 0 Å². The van der Waals surface area contributed by atoms with Crippen LogP contribution in [0.25, 0.3) is 0 Å². The van der Waals surface area contributed by atoms with E-state index in [1.54, 1.807) is 13.8 Å². The number of rotatable bonds is 6. The summed E-state index contributed by atoms with van der Waals surface area (Å²) in [5.74, 6) is -0.715. The molecule has 88 valence electrons. The third kappa shape index (κ3) is 4.29. The number of methoxy groups -OCH3 is 1. The molecule has 5 nitrogen and oxygen atoms in total. The van der Waals surface area contributed by atoms with Crippen LogP contribution in [0.1, 0.15) is 27.2 Å². The van der Waals surface area contributed by atoms with Gasteiger partial charge in [-0.05, 0) is 20.3 Å². The van der Waals surface area contributed by atoms with E-state index >= 15 is 0 Å². The van der Waals surface area contributed by atoms with E-state index in [1.807, 2.05) is 6.92 Å². The minimum Gasteiger partial charge on any atom is -0.468 e. The van der Waals surface area contributed by atoms with Crippen molar-refractivity contribution in [1.82, 2.24) is 5.32 Å². The maximum atomic E-state index is 11.2. The number of carbonyl (C=O) groups is 2. The zero-order chi connectivity index (χ0) is 12.1. The zero-order valence-corrected chi connectivity index (χ0v) is 9.79. The van der Waals surface area contributed by atoms with Gasteiger partial charge in [-0.2, -0.15) is 0 Å². The molecule has 5 heteroatoms. The second kappa shape index (κ2) is 5.70. The van der Waals surface area contributed by atoms with Crippen molar-refractivity contribution in [2.75, 3.05) is 13.7 Å². The first-order valence-corrected chi connectivity index (χ1v) is 4.96. The highest BCUT2D eigenvalue weighted by Gasteiger charge is 2.27. The molecule has 0 aliphatic heterocycles. The van der Waals surface area contributed by atoms with Crippen LogP contribution in [0.5, 0.6) is 0 Å². The molecule has 0 saturated carbocycles. The van der Waals surface area contributed by atoms with Crippen molar-refractivity contribution >= 4 is 11.9 Å². The quantitative estimate of drug-likeness (QED) is 0.614. The Hall–Kier alpha value is -1.10. The molecule has 0 aliphatic carbocycles. The summed E-state index contributed by atoms with van der Waals surface area (Å²) in [5, 5.41) is 2.97. The minimum absolute atomic E-state index is 0.322. The number of nitrogens with two attached hydrogens (primary N) is 1. The molecule has 0 radical (unpaired) electrons. The first-order valence-electron chi connectivity index (χ1n) is 4.96. The lowest BCUT2D eigenvalue weighted by atomic mass is 9.92. The lowest BCUT2D eigenvalue weighted by Crippen LogP contribution is -2.46. The number of primary amides is 1. The molecule has 0 heterocycles. The van der Waals surface area contributed by atoms with Crippen LogP contribution in [-0.2, 0) is 14.3 Å². The van der Waals surface area contributed by atoms with Crippen molar-refractivity contribution in [3.63, 3.8) is 0 Å². The third-order valence-corrected chi connectivity index (χ3v) is 2.35. The van der Waals surface area contributed by atoms with Crippen LogP contribution in [0, 0.1) is 5.41 Å². The summed E-state index contributed by atoms with van der Waals surface area (Å²) >= 11 is 0. The van der Waals surface area contributed by atoms with Gasteiger partial charge in [0.25, 0.3) is 0 Å². The summed E-state index contributed by atoms with van der Waals surface area (Å²) in [6.07, 6.45) is 0.613. The van der Waals surface area contributed by atoms with Crippen molar-refractivity contribution in [2.45, 2.75) is 33.2 Å². The van der Waals surface area contributed by atoms with E-state index in [2.05, 4.69) is 10.1 Å². The number of hydrogen-bond donors (Lipinski definition) is 2. The summed E-state index contributed by atoms with van der Waals surface area (Å²) in [6.45, 7) is 5.68. The van der Waals surface area contributed by atoms with E-state index < -0.39 is 11.3 Å². The molecule has 0 bridgehead atoms.